The molecular weight excluding hydrogens is 446 g/mol. The number of aromatic amines is 1. The van der Waals surface area contributed by atoms with Crippen LogP contribution in [-0.4, -0.2) is 52.7 Å². The number of phenols is 1. The first kappa shape index (κ1) is 22.3. The van der Waals surface area contributed by atoms with Crippen molar-refractivity contribution >= 4 is 35.4 Å². The van der Waals surface area contributed by atoms with E-state index in [9.17, 15) is 15.0 Å². The molecule has 11 heteroatoms. The van der Waals surface area contributed by atoms with Gasteiger partial charge in [0.15, 0.2) is 17.3 Å². The van der Waals surface area contributed by atoms with Gasteiger partial charge in [0.25, 0.3) is 0 Å². The van der Waals surface area contributed by atoms with E-state index in [1.54, 1.807) is 18.2 Å². The van der Waals surface area contributed by atoms with Gasteiger partial charge in [-0.1, -0.05) is 11.6 Å². The summed E-state index contributed by atoms with van der Waals surface area (Å²) in [5, 5.41) is 26.5. The average molecular weight is 464 g/mol. The number of halogens is 1. The van der Waals surface area contributed by atoms with Crippen molar-refractivity contribution in [2.75, 3.05) is 21.3 Å². The Labute approximate surface area is 186 Å². The van der Waals surface area contributed by atoms with Gasteiger partial charge in [0.2, 0.25) is 5.16 Å². The highest BCUT2D eigenvalue weighted by Gasteiger charge is 2.16. The Morgan fingerprint density at radius 3 is 2.35 bits per heavy atom. The second kappa shape index (κ2) is 9.63. The van der Waals surface area contributed by atoms with Crippen molar-refractivity contribution in [2.24, 2.45) is 0 Å². The van der Waals surface area contributed by atoms with E-state index in [-0.39, 0.29) is 26.6 Å². The van der Waals surface area contributed by atoms with Crippen LogP contribution in [0.4, 0.5) is 0 Å². The number of aromatic hydroxyl groups is 1. The summed E-state index contributed by atoms with van der Waals surface area (Å²) in [7, 11) is 4.44. The maximum absolute atomic E-state index is 11.8. The molecule has 0 spiro atoms. The number of nitrogens with zero attached hydrogens (tertiary/aromatic N) is 2. The van der Waals surface area contributed by atoms with Gasteiger partial charge in [0, 0.05) is 11.6 Å². The quantitative estimate of drug-likeness (QED) is 0.334. The summed E-state index contributed by atoms with van der Waals surface area (Å²) < 4.78 is 15.6. The standard InChI is InChI=1S/C20H18ClN3O6S/c1-28-12-7-11(8-13(9-12)29-2)18-22-20(24-23-18)31-16(19(26)27)6-10-4-14(21)17(25)15(5-10)30-3/h4-9,25H,1-3H3,(H,26,27)(H,22,23,24)/b16-6-. The van der Waals surface area contributed by atoms with Crippen molar-refractivity contribution in [2.45, 2.75) is 5.16 Å². The van der Waals surface area contributed by atoms with Gasteiger partial charge in [-0.05, 0) is 47.7 Å². The van der Waals surface area contributed by atoms with Crippen LogP contribution in [0.3, 0.4) is 0 Å². The number of methoxy groups -OCH3 is 3. The number of benzene rings is 2. The molecule has 0 atom stereocenters. The fourth-order valence-electron chi connectivity index (χ4n) is 2.58. The molecule has 2 aromatic carbocycles. The summed E-state index contributed by atoms with van der Waals surface area (Å²) in [6.45, 7) is 0. The topological polar surface area (TPSA) is 127 Å². The van der Waals surface area contributed by atoms with Crippen molar-refractivity contribution in [3.63, 3.8) is 0 Å². The summed E-state index contributed by atoms with van der Waals surface area (Å²) in [6, 6.07) is 8.11. The van der Waals surface area contributed by atoms with Gasteiger partial charge in [-0.3, -0.25) is 5.10 Å². The average Bonchev–Trinajstić information content (AvgIpc) is 3.23. The zero-order chi connectivity index (χ0) is 22.5. The molecule has 9 nitrogen and oxygen atoms in total. The van der Waals surface area contributed by atoms with E-state index >= 15 is 0 Å². The number of phenolic OH excluding ortho intramolecular Hbond substituents is 1. The van der Waals surface area contributed by atoms with Crippen LogP contribution in [0.2, 0.25) is 5.02 Å². The number of carboxylic acid groups (broad SMARTS) is 1. The molecule has 1 heterocycles. The van der Waals surface area contributed by atoms with Gasteiger partial charge in [0.05, 0.1) is 26.4 Å². The maximum atomic E-state index is 11.8. The molecule has 0 aliphatic heterocycles. The zero-order valence-electron chi connectivity index (χ0n) is 16.7. The van der Waals surface area contributed by atoms with Crippen molar-refractivity contribution < 1.29 is 29.2 Å². The molecule has 0 saturated heterocycles. The van der Waals surface area contributed by atoms with E-state index in [1.165, 1.54) is 39.5 Å². The number of ether oxygens (including phenoxy) is 3. The van der Waals surface area contributed by atoms with Crippen LogP contribution in [0.5, 0.6) is 23.0 Å². The lowest BCUT2D eigenvalue weighted by molar-refractivity contribution is -0.131. The van der Waals surface area contributed by atoms with Crippen molar-refractivity contribution in [1.82, 2.24) is 15.2 Å². The van der Waals surface area contributed by atoms with Crippen molar-refractivity contribution in [3.8, 4) is 34.4 Å². The molecule has 3 rings (SSSR count). The number of aliphatic carboxylic acids is 1. The highest BCUT2D eigenvalue weighted by atomic mass is 35.5. The van der Waals surface area contributed by atoms with Crippen LogP contribution in [0.1, 0.15) is 5.56 Å². The number of carboxylic acids is 1. The molecular formula is C20H18ClN3O6S. The predicted molar refractivity (Wildman–Crippen MR) is 116 cm³/mol. The van der Waals surface area contributed by atoms with Gasteiger partial charge in [-0.15, -0.1) is 5.10 Å². The Hall–Kier alpha value is -3.37. The summed E-state index contributed by atoms with van der Waals surface area (Å²) in [4.78, 5) is 16.0. The first-order chi connectivity index (χ1) is 14.8. The third-order valence-electron chi connectivity index (χ3n) is 4.07. The van der Waals surface area contributed by atoms with Crippen LogP contribution in [0.15, 0.2) is 40.4 Å². The fourth-order valence-corrected chi connectivity index (χ4v) is 3.51. The third-order valence-corrected chi connectivity index (χ3v) is 5.24. The second-order valence-electron chi connectivity index (χ2n) is 6.04. The Kier molecular flexibility index (Phi) is 6.93. The van der Waals surface area contributed by atoms with Gasteiger partial charge < -0.3 is 24.4 Å². The number of hydrogen-bond donors (Lipinski definition) is 3. The molecule has 0 saturated carbocycles. The van der Waals surface area contributed by atoms with Crippen LogP contribution in [-0.2, 0) is 4.79 Å². The number of rotatable bonds is 8. The molecule has 0 unspecified atom stereocenters. The smallest absolute Gasteiger partial charge is 0.342 e. The molecule has 0 fully saturated rings. The van der Waals surface area contributed by atoms with Gasteiger partial charge in [-0.2, -0.15) is 0 Å². The molecule has 0 aliphatic rings. The Bertz CT molecular complexity index is 1130. The maximum Gasteiger partial charge on any atom is 0.342 e. The predicted octanol–water partition coefficient (Wildman–Crippen LogP) is 4.07. The van der Waals surface area contributed by atoms with E-state index in [4.69, 9.17) is 25.8 Å². The molecule has 31 heavy (non-hydrogen) atoms. The molecule has 3 aromatic rings. The first-order valence-corrected chi connectivity index (χ1v) is 9.89. The van der Waals surface area contributed by atoms with Crippen LogP contribution >= 0.6 is 23.4 Å². The number of thioether (sulfide) groups is 1. The van der Waals surface area contributed by atoms with Gasteiger partial charge in [-0.25, -0.2) is 9.78 Å². The van der Waals surface area contributed by atoms with E-state index in [0.29, 0.717) is 28.5 Å². The van der Waals surface area contributed by atoms with Crippen molar-refractivity contribution in [1.29, 1.82) is 0 Å². The molecule has 0 aliphatic carbocycles. The van der Waals surface area contributed by atoms with Crippen molar-refractivity contribution in [3.05, 3.63) is 45.8 Å². The summed E-state index contributed by atoms with van der Waals surface area (Å²) in [5.74, 6) is 0.286. The van der Waals surface area contributed by atoms with Crippen LogP contribution in [0, 0.1) is 0 Å². The lowest BCUT2D eigenvalue weighted by Crippen LogP contribution is -1.97. The highest BCUT2D eigenvalue weighted by Crippen LogP contribution is 2.37. The molecule has 1 aromatic heterocycles. The minimum atomic E-state index is -1.18. The van der Waals surface area contributed by atoms with Gasteiger partial charge >= 0.3 is 5.97 Å². The number of hydrogen-bond acceptors (Lipinski definition) is 8. The highest BCUT2D eigenvalue weighted by molar-refractivity contribution is 8.04. The second-order valence-corrected chi connectivity index (χ2v) is 7.45. The number of H-pyrrole nitrogens is 1. The number of carbonyl (C=O) groups is 1. The number of nitrogens with one attached hydrogen (secondary N) is 1. The molecule has 0 radical (unpaired) electrons. The lowest BCUT2D eigenvalue weighted by atomic mass is 10.2. The van der Waals surface area contributed by atoms with E-state index in [2.05, 4.69) is 15.2 Å². The SMILES string of the molecule is COc1cc(OC)cc(-c2nc(S/C(=C\c3cc(Cl)c(O)c(OC)c3)C(=O)O)n[nH]2)c1. The van der Waals surface area contributed by atoms with E-state index in [0.717, 1.165) is 11.8 Å². The molecule has 0 amide bonds. The van der Waals surface area contributed by atoms with Gasteiger partial charge in [0.1, 0.15) is 16.4 Å². The first-order valence-electron chi connectivity index (χ1n) is 8.69. The summed E-state index contributed by atoms with van der Waals surface area (Å²) in [6.07, 6.45) is 1.38. The lowest BCUT2D eigenvalue weighted by Gasteiger charge is -2.07. The summed E-state index contributed by atoms with van der Waals surface area (Å²) >= 11 is 6.83. The largest absolute Gasteiger partial charge is 0.503 e. The molecule has 3 N–H and O–H groups in total. The van der Waals surface area contributed by atoms with Crippen LogP contribution < -0.4 is 14.2 Å². The Balaban J connectivity index is 1.91. The Morgan fingerprint density at radius 2 is 1.77 bits per heavy atom. The van der Waals surface area contributed by atoms with Crippen LogP contribution in [0.25, 0.3) is 17.5 Å². The summed E-state index contributed by atoms with van der Waals surface area (Å²) in [5.41, 5.74) is 1.09. The molecule has 0 bridgehead atoms. The minimum absolute atomic E-state index is 0.0347. The fraction of sp³-hybridized carbons (Fsp3) is 0.150. The minimum Gasteiger partial charge on any atom is -0.503 e. The monoisotopic (exact) mass is 463 g/mol. The third kappa shape index (κ3) is 5.22. The number of aromatic nitrogens is 3. The normalized spacial score (nSPS) is 11.3. The molecule has 162 valence electrons. The Morgan fingerprint density at radius 1 is 1.10 bits per heavy atom. The van der Waals surface area contributed by atoms with E-state index < -0.39 is 5.97 Å². The zero-order valence-corrected chi connectivity index (χ0v) is 18.2. The van der Waals surface area contributed by atoms with E-state index in [1.807, 2.05) is 0 Å².